The van der Waals surface area contributed by atoms with Crippen LogP contribution in [0.5, 0.6) is 0 Å². The van der Waals surface area contributed by atoms with Gasteiger partial charge in [0.2, 0.25) is 0 Å². The second kappa shape index (κ2) is 6.25. The summed E-state index contributed by atoms with van der Waals surface area (Å²) in [6.45, 7) is 2.19. The fraction of sp³-hybridized carbons (Fsp3) is 0.684. The number of alkyl halides is 2. The van der Waals surface area contributed by atoms with E-state index in [0.29, 0.717) is 17.9 Å². The van der Waals surface area contributed by atoms with Crippen LogP contribution in [0.1, 0.15) is 63.0 Å². The number of fused-ring (bicyclic) bond motifs is 1. The summed E-state index contributed by atoms with van der Waals surface area (Å²) in [6, 6.07) is 4.38. The Morgan fingerprint density at radius 2 is 1.86 bits per heavy atom. The van der Waals surface area contributed by atoms with Crippen LogP contribution in [-0.4, -0.2) is 0 Å². The molecule has 0 bridgehead atoms. The highest BCUT2D eigenvalue weighted by atomic mass is 19.3. The molecule has 1 atom stereocenters. The maximum absolute atomic E-state index is 14.7. The highest BCUT2D eigenvalue weighted by Gasteiger charge is 2.53. The fourth-order valence-corrected chi connectivity index (χ4v) is 4.50. The van der Waals surface area contributed by atoms with Crippen molar-refractivity contribution < 1.29 is 13.2 Å². The molecule has 0 amide bonds. The van der Waals surface area contributed by atoms with Gasteiger partial charge in [-0.25, -0.2) is 13.2 Å². The van der Waals surface area contributed by atoms with Crippen LogP contribution in [0.4, 0.5) is 13.2 Å². The Kier molecular flexibility index (Phi) is 4.52. The first kappa shape index (κ1) is 15.9. The van der Waals surface area contributed by atoms with E-state index in [9.17, 15) is 13.2 Å². The number of benzene rings is 1. The van der Waals surface area contributed by atoms with Crippen LogP contribution in [0.25, 0.3) is 0 Å². The summed E-state index contributed by atoms with van der Waals surface area (Å²) in [6.07, 6.45) is 7.91. The fourth-order valence-electron chi connectivity index (χ4n) is 4.50. The van der Waals surface area contributed by atoms with E-state index in [1.165, 1.54) is 19.3 Å². The number of hydrogen-bond donors (Lipinski definition) is 0. The van der Waals surface area contributed by atoms with E-state index < -0.39 is 17.7 Å². The van der Waals surface area contributed by atoms with E-state index in [1.54, 1.807) is 12.1 Å². The lowest BCUT2D eigenvalue weighted by molar-refractivity contribution is -0.0840. The van der Waals surface area contributed by atoms with Gasteiger partial charge in [0.15, 0.2) is 0 Å². The van der Waals surface area contributed by atoms with Gasteiger partial charge in [0.1, 0.15) is 5.82 Å². The highest BCUT2D eigenvalue weighted by molar-refractivity contribution is 5.38. The predicted octanol–water partition coefficient (Wildman–Crippen LogP) is 6.09. The third kappa shape index (κ3) is 2.79. The molecular weight excluding hydrogens is 285 g/mol. The normalized spacial score (nSPS) is 30.3. The van der Waals surface area contributed by atoms with Crippen molar-refractivity contribution in [2.45, 2.75) is 64.2 Å². The molecular formula is C19H25F3. The van der Waals surface area contributed by atoms with E-state index >= 15 is 0 Å². The number of hydrogen-bond acceptors (Lipinski definition) is 0. The highest BCUT2D eigenvalue weighted by Crippen LogP contribution is 2.53. The van der Waals surface area contributed by atoms with E-state index in [-0.39, 0.29) is 11.5 Å². The SMILES string of the molecule is CCCCC1CCC(C2Cc3cccc(F)c3C2(F)F)CC1. The van der Waals surface area contributed by atoms with Crippen molar-refractivity contribution in [1.29, 1.82) is 0 Å². The molecule has 1 aromatic rings. The summed E-state index contributed by atoms with van der Waals surface area (Å²) in [5, 5.41) is 0. The minimum Gasteiger partial charge on any atom is -0.206 e. The van der Waals surface area contributed by atoms with Gasteiger partial charge in [-0.15, -0.1) is 0 Å². The zero-order valence-electron chi connectivity index (χ0n) is 13.3. The lowest BCUT2D eigenvalue weighted by Gasteiger charge is -2.34. The number of rotatable bonds is 4. The summed E-state index contributed by atoms with van der Waals surface area (Å²) in [4.78, 5) is 0. The van der Waals surface area contributed by atoms with Crippen LogP contribution in [0, 0.1) is 23.6 Å². The summed E-state index contributed by atoms with van der Waals surface area (Å²) in [7, 11) is 0. The molecule has 22 heavy (non-hydrogen) atoms. The molecule has 2 aliphatic rings. The number of unbranched alkanes of at least 4 members (excludes halogenated alkanes) is 1. The zero-order valence-corrected chi connectivity index (χ0v) is 13.3. The first-order chi connectivity index (χ1) is 10.5. The second-order valence-electron chi connectivity index (χ2n) is 7.13. The average molecular weight is 310 g/mol. The summed E-state index contributed by atoms with van der Waals surface area (Å²) >= 11 is 0. The molecule has 1 aromatic carbocycles. The van der Waals surface area contributed by atoms with Gasteiger partial charge in [-0.2, -0.15) is 0 Å². The standard InChI is InChI=1S/C19H25F3/c1-2-3-5-13-8-10-14(11-9-13)16-12-15-6-4-7-17(20)18(15)19(16,21)22/h4,6-7,13-14,16H,2-3,5,8-12H2,1H3. The largest absolute Gasteiger partial charge is 0.279 e. The average Bonchev–Trinajstić information content (AvgIpc) is 2.78. The van der Waals surface area contributed by atoms with Gasteiger partial charge >= 0.3 is 0 Å². The molecule has 0 heterocycles. The molecule has 3 rings (SSSR count). The monoisotopic (exact) mass is 310 g/mol. The van der Waals surface area contributed by atoms with Gasteiger partial charge in [0, 0.05) is 5.92 Å². The molecule has 0 aliphatic heterocycles. The molecule has 0 radical (unpaired) electrons. The summed E-state index contributed by atoms with van der Waals surface area (Å²) < 4.78 is 43.3. The molecule has 1 saturated carbocycles. The second-order valence-corrected chi connectivity index (χ2v) is 7.13. The smallest absolute Gasteiger partial charge is 0.206 e. The molecule has 0 aromatic heterocycles. The van der Waals surface area contributed by atoms with Crippen LogP contribution < -0.4 is 0 Å². The minimum atomic E-state index is -3.00. The summed E-state index contributed by atoms with van der Waals surface area (Å²) in [5.74, 6) is -3.68. The van der Waals surface area contributed by atoms with Crippen LogP contribution in [0.3, 0.4) is 0 Å². The van der Waals surface area contributed by atoms with E-state index in [2.05, 4.69) is 6.92 Å². The van der Waals surface area contributed by atoms with E-state index in [0.717, 1.165) is 31.7 Å². The van der Waals surface area contributed by atoms with Crippen molar-refractivity contribution in [3.63, 3.8) is 0 Å². The lowest BCUT2D eigenvalue weighted by atomic mass is 9.73. The Balaban J connectivity index is 1.69. The Labute approximate surface area is 131 Å². The van der Waals surface area contributed by atoms with Crippen LogP contribution >= 0.6 is 0 Å². The molecule has 0 nitrogen and oxygen atoms in total. The summed E-state index contributed by atoms with van der Waals surface area (Å²) in [5.41, 5.74) is 0.191. The van der Waals surface area contributed by atoms with E-state index in [4.69, 9.17) is 0 Å². The molecule has 122 valence electrons. The quantitative estimate of drug-likeness (QED) is 0.631. The molecule has 0 saturated heterocycles. The van der Waals surface area contributed by atoms with Gasteiger partial charge in [-0.3, -0.25) is 0 Å². The predicted molar refractivity (Wildman–Crippen MR) is 82.5 cm³/mol. The Bertz CT molecular complexity index is 515. The lowest BCUT2D eigenvalue weighted by Crippen LogP contribution is -2.31. The Morgan fingerprint density at radius 3 is 2.50 bits per heavy atom. The van der Waals surface area contributed by atoms with Crippen LogP contribution in [-0.2, 0) is 12.3 Å². The van der Waals surface area contributed by atoms with Gasteiger partial charge in [0.25, 0.3) is 5.92 Å². The zero-order chi connectivity index (χ0) is 15.7. The van der Waals surface area contributed by atoms with E-state index in [1.807, 2.05) is 0 Å². The van der Waals surface area contributed by atoms with Gasteiger partial charge in [0.05, 0.1) is 5.56 Å². The topological polar surface area (TPSA) is 0 Å². The molecule has 2 aliphatic carbocycles. The van der Waals surface area contributed by atoms with Gasteiger partial charge in [-0.1, -0.05) is 51.2 Å². The first-order valence-electron chi connectivity index (χ1n) is 8.69. The van der Waals surface area contributed by atoms with Gasteiger partial charge in [-0.05, 0) is 42.7 Å². The molecule has 0 spiro atoms. The first-order valence-corrected chi connectivity index (χ1v) is 8.69. The molecule has 0 N–H and O–H groups in total. The third-order valence-corrected chi connectivity index (χ3v) is 5.77. The maximum atomic E-state index is 14.7. The molecule has 3 heteroatoms. The van der Waals surface area contributed by atoms with Crippen molar-refractivity contribution in [2.75, 3.05) is 0 Å². The van der Waals surface area contributed by atoms with Crippen LogP contribution in [0.15, 0.2) is 18.2 Å². The van der Waals surface area contributed by atoms with Crippen molar-refractivity contribution in [2.24, 2.45) is 17.8 Å². The third-order valence-electron chi connectivity index (χ3n) is 5.77. The minimum absolute atomic E-state index is 0.0414. The van der Waals surface area contributed by atoms with Crippen molar-refractivity contribution in [3.05, 3.63) is 35.1 Å². The van der Waals surface area contributed by atoms with Crippen molar-refractivity contribution in [3.8, 4) is 0 Å². The van der Waals surface area contributed by atoms with Gasteiger partial charge < -0.3 is 0 Å². The molecule has 1 fully saturated rings. The number of halogens is 3. The maximum Gasteiger partial charge on any atom is 0.279 e. The van der Waals surface area contributed by atoms with Crippen LogP contribution in [0.2, 0.25) is 0 Å². The Morgan fingerprint density at radius 1 is 1.14 bits per heavy atom. The van der Waals surface area contributed by atoms with Crippen molar-refractivity contribution in [1.82, 2.24) is 0 Å². The van der Waals surface area contributed by atoms with Crippen molar-refractivity contribution >= 4 is 0 Å². The Hall–Kier alpha value is -0.990. The molecule has 1 unspecified atom stereocenters.